The molecule has 0 aliphatic heterocycles. The van der Waals surface area contributed by atoms with Crippen LogP contribution in [0, 0.1) is 6.92 Å². The Bertz CT molecular complexity index is 550. The largest absolute Gasteiger partial charge is 0.465 e. The van der Waals surface area contributed by atoms with E-state index >= 15 is 0 Å². The second kappa shape index (κ2) is 5.45. The molecule has 2 aromatic rings. The van der Waals surface area contributed by atoms with E-state index in [9.17, 15) is 4.79 Å². The molecule has 7 heteroatoms. The third-order valence-electron chi connectivity index (χ3n) is 2.27. The summed E-state index contributed by atoms with van der Waals surface area (Å²) in [5.41, 5.74) is 1.01. The quantitative estimate of drug-likeness (QED) is 0.806. The smallest absolute Gasteiger partial charge is 0.349 e. The summed E-state index contributed by atoms with van der Waals surface area (Å²) < 4.78 is 4.65. The Labute approximate surface area is 113 Å². The molecule has 96 valence electrons. The first-order chi connectivity index (χ1) is 8.60. The number of hydrogen-bond acceptors (Lipinski definition) is 7. The van der Waals surface area contributed by atoms with Crippen LogP contribution in [0.15, 0.2) is 11.6 Å². The van der Waals surface area contributed by atoms with Crippen molar-refractivity contribution in [2.24, 2.45) is 0 Å². The lowest BCUT2D eigenvalue weighted by Crippen LogP contribution is -2.16. The van der Waals surface area contributed by atoms with Gasteiger partial charge in [-0.1, -0.05) is 11.3 Å². The topological polar surface area (TPSA) is 55.3 Å². The Morgan fingerprint density at radius 1 is 1.56 bits per heavy atom. The van der Waals surface area contributed by atoms with E-state index in [1.807, 2.05) is 24.3 Å². The maximum atomic E-state index is 11.3. The zero-order valence-corrected chi connectivity index (χ0v) is 12.0. The van der Waals surface area contributed by atoms with E-state index in [1.165, 1.54) is 24.6 Å². The molecular formula is C11H13N3O2S2. The maximum absolute atomic E-state index is 11.3. The lowest BCUT2D eigenvalue weighted by molar-refractivity contribution is 0.0606. The number of carbonyl (C=O) groups is 1. The summed E-state index contributed by atoms with van der Waals surface area (Å²) >= 11 is 2.94. The Balaban J connectivity index is 2.07. The van der Waals surface area contributed by atoms with E-state index in [2.05, 4.69) is 14.7 Å². The summed E-state index contributed by atoms with van der Waals surface area (Å²) in [7, 11) is 3.29. The van der Waals surface area contributed by atoms with Crippen molar-refractivity contribution < 1.29 is 9.53 Å². The highest BCUT2D eigenvalue weighted by Gasteiger charge is 2.13. The van der Waals surface area contributed by atoms with Gasteiger partial charge in [-0.25, -0.2) is 14.8 Å². The van der Waals surface area contributed by atoms with Crippen molar-refractivity contribution in [3.05, 3.63) is 27.2 Å². The first kappa shape index (κ1) is 13.0. The van der Waals surface area contributed by atoms with E-state index in [1.54, 1.807) is 11.3 Å². The molecule has 0 aliphatic carbocycles. The van der Waals surface area contributed by atoms with E-state index in [0.717, 1.165) is 15.8 Å². The number of hydrogen-bond donors (Lipinski definition) is 0. The molecule has 0 aliphatic rings. The van der Waals surface area contributed by atoms with Crippen molar-refractivity contribution >= 4 is 33.8 Å². The van der Waals surface area contributed by atoms with Gasteiger partial charge in [-0.3, -0.25) is 0 Å². The number of rotatable bonds is 4. The normalized spacial score (nSPS) is 10.4. The SMILES string of the molecule is COC(=O)c1cnc(N(C)Cc2csc(C)n2)s1. The van der Waals surface area contributed by atoms with Crippen molar-refractivity contribution in [3.8, 4) is 0 Å². The first-order valence-corrected chi connectivity index (χ1v) is 6.96. The molecule has 0 amide bonds. The van der Waals surface area contributed by atoms with Crippen LogP contribution >= 0.6 is 22.7 Å². The predicted octanol–water partition coefficient (Wildman–Crippen LogP) is 2.33. The molecule has 0 spiro atoms. The van der Waals surface area contributed by atoms with Crippen LogP contribution in [-0.2, 0) is 11.3 Å². The fraction of sp³-hybridized carbons (Fsp3) is 0.364. The second-order valence-corrected chi connectivity index (χ2v) is 5.78. The molecule has 2 rings (SSSR count). The molecule has 0 saturated heterocycles. The standard InChI is InChI=1S/C11H13N3O2S2/c1-7-13-8(6-17-7)5-14(2)11-12-4-9(18-11)10(15)16-3/h4,6H,5H2,1-3H3. The number of carbonyl (C=O) groups excluding carboxylic acids is 1. The van der Waals surface area contributed by atoms with Gasteiger partial charge < -0.3 is 9.64 Å². The van der Waals surface area contributed by atoms with Gasteiger partial charge >= 0.3 is 5.97 Å². The third kappa shape index (κ3) is 2.85. The summed E-state index contributed by atoms with van der Waals surface area (Å²) in [6.07, 6.45) is 1.54. The van der Waals surface area contributed by atoms with Gasteiger partial charge in [0.1, 0.15) is 4.88 Å². The number of esters is 1. The molecule has 0 unspecified atom stereocenters. The van der Waals surface area contributed by atoms with Gasteiger partial charge in [0.25, 0.3) is 0 Å². The molecular weight excluding hydrogens is 270 g/mol. The molecule has 0 fully saturated rings. The zero-order chi connectivity index (χ0) is 13.1. The molecule has 18 heavy (non-hydrogen) atoms. The number of ether oxygens (including phenoxy) is 1. The van der Waals surface area contributed by atoms with Gasteiger partial charge in [-0.2, -0.15) is 0 Å². The molecule has 0 bridgehead atoms. The number of thiazole rings is 2. The minimum absolute atomic E-state index is 0.350. The van der Waals surface area contributed by atoms with E-state index in [-0.39, 0.29) is 5.97 Å². The van der Waals surface area contributed by atoms with Crippen molar-refractivity contribution in [1.29, 1.82) is 0 Å². The van der Waals surface area contributed by atoms with Gasteiger partial charge in [0.2, 0.25) is 0 Å². The Morgan fingerprint density at radius 3 is 2.94 bits per heavy atom. The second-order valence-electron chi connectivity index (χ2n) is 3.71. The van der Waals surface area contributed by atoms with E-state index < -0.39 is 0 Å². The van der Waals surface area contributed by atoms with Crippen LogP contribution in [-0.4, -0.2) is 30.1 Å². The summed E-state index contributed by atoms with van der Waals surface area (Å²) in [5, 5.41) is 3.86. The summed E-state index contributed by atoms with van der Waals surface area (Å²) in [5.74, 6) is -0.350. The fourth-order valence-electron chi connectivity index (χ4n) is 1.43. The van der Waals surface area contributed by atoms with Crippen molar-refractivity contribution in [1.82, 2.24) is 9.97 Å². The summed E-state index contributed by atoms with van der Waals surface area (Å²) in [4.78, 5) is 22.4. The number of nitrogens with zero attached hydrogens (tertiary/aromatic N) is 3. The zero-order valence-electron chi connectivity index (χ0n) is 10.3. The maximum Gasteiger partial charge on any atom is 0.349 e. The number of aromatic nitrogens is 2. The summed E-state index contributed by atoms with van der Waals surface area (Å²) in [6, 6.07) is 0. The molecule has 0 atom stereocenters. The van der Waals surface area contributed by atoms with Crippen LogP contribution in [0.5, 0.6) is 0 Å². The molecule has 2 aromatic heterocycles. The highest BCUT2D eigenvalue weighted by molar-refractivity contribution is 7.17. The minimum atomic E-state index is -0.350. The van der Waals surface area contributed by atoms with Gasteiger partial charge in [0.05, 0.1) is 30.6 Å². The lowest BCUT2D eigenvalue weighted by atomic mass is 10.4. The van der Waals surface area contributed by atoms with Gasteiger partial charge in [0, 0.05) is 12.4 Å². The minimum Gasteiger partial charge on any atom is -0.465 e. The van der Waals surface area contributed by atoms with Crippen LogP contribution in [0.4, 0.5) is 5.13 Å². The highest BCUT2D eigenvalue weighted by atomic mass is 32.1. The van der Waals surface area contributed by atoms with Crippen LogP contribution in [0.3, 0.4) is 0 Å². The average Bonchev–Trinajstić information content (AvgIpc) is 2.97. The Hall–Kier alpha value is -1.47. The first-order valence-electron chi connectivity index (χ1n) is 5.26. The van der Waals surface area contributed by atoms with Gasteiger partial charge in [-0.15, -0.1) is 11.3 Å². The van der Waals surface area contributed by atoms with Crippen LogP contribution in [0.2, 0.25) is 0 Å². The number of aryl methyl sites for hydroxylation is 1. The molecule has 0 aromatic carbocycles. The summed E-state index contributed by atoms with van der Waals surface area (Å²) in [6.45, 7) is 2.66. The number of anilines is 1. The monoisotopic (exact) mass is 283 g/mol. The van der Waals surface area contributed by atoms with Crippen LogP contribution in [0.25, 0.3) is 0 Å². The van der Waals surface area contributed by atoms with Gasteiger partial charge in [-0.05, 0) is 6.92 Å². The Morgan fingerprint density at radius 2 is 2.33 bits per heavy atom. The van der Waals surface area contributed by atoms with Gasteiger partial charge in [0.15, 0.2) is 5.13 Å². The van der Waals surface area contributed by atoms with E-state index in [0.29, 0.717) is 11.4 Å². The predicted molar refractivity (Wildman–Crippen MR) is 72.4 cm³/mol. The molecule has 0 radical (unpaired) electrons. The van der Waals surface area contributed by atoms with Crippen molar-refractivity contribution in [3.63, 3.8) is 0 Å². The molecule has 0 N–H and O–H groups in total. The third-order valence-corrected chi connectivity index (χ3v) is 4.19. The van der Waals surface area contributed by atoms with Crippen molar-refractivity contribution in [2.75, 3.05) is 19.1 Å². The molecule has 5 nitrogen and oxygen atoms in total. The van der Waals surface area contributed by atoms with Crippen LogP contribution in [0.1, 0.15) is 20.4 Å². The Kier molecular flexibility index (Phi) is 3.93. The lowest BCUT2D eigenvalue weighted by Gasteiger charge is -2.13. The highest BCUT2D eigenvalue weighted by Crippen LogP contribution is 2.23. The molecule has 2 heterocycles. The average molecular weight is 283 g/mol. The van der Waals surface area contributed by atoms with E-state index in [4.69, 9.17) is 0 Å². The van der Waals surface area contributed by atoms with Crippen molar-refractivity contribution in [2.45, 2.75) is 13.5 Å². The fourth-order valence-corrected chi connectivity index (χ4v) is 2.83. The molecule has 0 saturated carbocycles. The number of methoxy groups -OCH3 is 1. The van der Waals surface area contributed by atoms with Crippen LogP contribution < -0.4 is 4.90 Å².